The molecule has 68 valence electrons. The second kappa shape index (κ2) is 3.02. The van der Waals surface area contributed by atoms with Crippen LogP contribution in [-0.2, 0) is 4.79 Å². The molecule has 0 aliphatic carbocycles. The monoisotopic (exact) mass is 179 g/mol. The first-order chi connectivity index (χ1) is 6.27. The van der Waals surface area contributed by atoms with Crippen LogP contribution in [0.1, 0.15) is 0 Å². The molecule has 2 heterocycles. The number of pyridine rings is 1. The number of nitrogens with zero attached hydrogens (tertiary/aromatic N) is 1. The average molecular weight is 179 g/mol. The summed E-state index contributed by atoms with van der Waals surface area (Å²) in [5, 5.41) is 2.62. The molecule has 1 aliphatic rings. The van der Waals surface area contributed by atoms with Gasteiger partial charge in [0, 0.05) is 6.20 Å². The molecule has 0 saturated heterocycles. The molecule has 5 nitrogen and oxygen atoms in total. The van der Waals surface area contributed by atoms with Crippen molar-refractivity contribution in [3.63, 3.8) is 0 Å². The van der Waals surface area contributed by atoms with Gasteiger partial charge >= 0.3 is 0 Å². The van der Waals surface area contributed by atoms with Crippen LogP contribution in [0.4, 0.5) is 5.69 Å². The van der Waals surface area contributed by atoms with E-state index in [2.05, 4.69) is 10.3 Å². The van der Waals surface area contributed by atoms with Gasteiger partial charge in [-0.15, -0.1) is 0 Å². The first-order valence-electron chi connectivity index (χ1n) is 3.91. The number of carbonyl (C=O) groups is 1. The van der Waals surface area contributed by atoms with E-state index >= 15 is 0 Å². The number of hydrogen-bond acceptors (Lipinski definition) is 4. The largest absolute Gasteiger partial charge is 0.474 e. The molecule has 13 heavy (non-hydrogen) atoms. The highest BCUT2D eigenvalue weighted by molar-refractivity contribution is 5.96. The van der Waals surface area contributed by atoms with Crippen LogP contribution in [0.2, 0.25) is 0 Å². The van der Waals surface area contributed by atoms with Crippen molar-refractivity contribution in [2.45, 2.75) is 6.04 Å². The zero-order valence-corrected chi connectivity index (χ0v) is 6.86. The van der Waals surface area contributed by atoms with Gasteiger partial charge in [-0.05, 0) is 12.1 Å². The molecule has 5 heteroatoms. The lowest BCUT2D eigenvalue weighted by atomic mass is 10.3. The minimum absolute atomic E-state index is 0.163. The summed E-state index contributed by atoms with van der Waals surface area (Å²) in [5.41, 5.74) is 6.06. The highest BCUT2D eigenvalue weighted by atomic mass is 16.5. The van der Waals surface area contributed by atoms with Gasteiger partial charge in [-0.1, -0.05) is 0 Å². The molecule has 0 radical (unpaired) electrons. The fourth-order valence-corrected chi connectivity index (χ4v) is 1.07. The summed E-state index contributed by atoms with van der Waals surface area (Å²) in [7, 11) is 0. The van der Waals surface area contributed by atoms with Crippen LogP contribution in [0.25, 0.3) is 0 Å². The maximum atomic E-state index is 11.2. The lowest BCUT2D eigenvalue weighted by Gasteiger charge is -2.03. The Labute approximate surface area is 74.9 Å². The zero-order valence-electron chi connectivity index (χ0n) is 6.86. The van der Waals surface area contributed by atoms with Crippen molar-refractivity contribution in [2.24, 2.45) is 5.73 Å². The number of anilines is 1. The molecule has 0 aromatic carbocycles. The van der Waals surface area contributed by atoms with Crippen molar-refractivity contribution >= 4 is 11.6 Å². The number of ether oxygens (including phenoxy) is 1. The topological polar surface area (TPSA) is 77.2 Å². The Bertz CT molecular complexity index is 340. The van der Waals surface area contributed by atoms with Gasteiger partial charge in [0.05, 0.1) is 0 Å². The molecule has 0 fully saturated rings. The van der Waals surface area contributed by atoms with Crippen molar-refractivity contribution in [1.29, 1.82) is 0 Å². The Morgan fingerprint density at radius 2 is 2.54 bits per heavy atom. The molecular formula is C8H9N3O2. The summed E-state index contributed by atoms with van der Waals surface area (Å²) >= 11 is 0. The summed E-state index contributed by atoms with van der Waals surface area (Å²) in [6.07, 6.45) is 1.60. The van der Waals surface area contributed by atoms with Crippen LogP contribution in [0.3, 0.4) is 0 Å². The standard InChI is InChI=1S/C8H9N3O2/c9-5-4-13-8-6(11-7(5)12)2-1-3-10-8/h1-3,5H,4,9H2,(H,11,12)/t5-/m0/s1. The van der Waals surface area contributed by atoms with Gasteiger partial charge in [0.2, 0.25) is 11.8 Å². The van der Waals surface area contributed by atoms with Crippen LogP contribution in [0.15, 0.2) is 18.3 Å². The smallest absolute Gasteiger partial charge is 0.244 e. The van der Waals surface area contributed by atoms with Crippen LogP contribution >= 0.6 is 0 Å². The van der Waals surface area contributed by atoms with Gasteiger partial charge in [0.15, 0.2) is 0 Å². The first-order valence-corrected chi connectivity index (χ1v) is 3.91. The minimum atomic E-state index is -0.630. The van der Waals surface area contributed by atoms with Crippen molar-refractivity contribution in [3.8, 4) is 5.88 Å². The Balaban J connectivity index is 2.35. The van der Waals surface area contributed by atoms with Gasteiger partial charge in [-0.2, -0.15) is 0 Å². The van der Waals surface area contributed by atoms with E-state index in [1.807, 2.05) is 0 Å². The fraction of sp³-hybridized carbons (Fsp3) is 0.250. The van der Waals surface area contributed by atoms with E-state index in [0.717, 1.165) is 0 Å². The van der Waals surface area contributed by atoms with Crippen LogP contribution < -0.4 is 15.8 Å². The summed E-state index contributed by atoms with van der Waals surface area (Å²) in [5.74, 6) is 0.176. The van der Waals surface area contributed by atoms with Gasteiger partial charge in [0.25, 0.3) is 0 Å². The van der Waals surface area contributed by atoms with Crippen molar-refractivity contribution in [1.82, 2.24) is 4.98 Å². The molecule has 2 rings (SSSR count). The maximum Gasteiger partial charge on any atom is 0.244 e. The second-order valence-electron chi connectivity index (χ2n) is 2.76. The van der Waals surface area contributed by atoms with Crippen molar-refractivity contribution < 1.29 is 9.53 Å². The number of hydrogen-bond donors (Lipinski definition) is 2. The number of nitrogens with one attached hydrogen (secondary N) is 1. The third kappa shape index (κ3) is 1.46. The third-order valence-corrected chi connectivity index (χ3v) is 1.77. The molecule has 0 bridgehead atoms. The number of aromatic nitrogens is 1. The fourth-order valence-electron chi connectivity index (χ4n) is 1.07. The summed E-state index contributed by atoms with van der Waals surface area (Å²) in [4.78, 5) is 15.2. The number of carbonyl (C=O) groups excluding carboxylic acids is 1. The molecule has 1 aromatic rings. The molecule has 1 amide bonds. The van der Waals surface area contributed by atoms with Crippen molar-refractivity contribution in [2.75, 3.05) is 11.9 Å². The Morgan fingerprint density at radius 3 is 3.38 bits per heavy atom. The van der Waals surface area contributed by atoms with E-state index in [1.54, 1.807) is 18.3 Å². The zero-order chi connectivity index (χ0) is 9.26. The van der Waals surface area contributed by atoms with E-state index < -0.39 is 6.04 Å². The number of rotatable bonds is 0. The Morgan fingerprint density at radius 1 is 1.69 bits per heavy atom. The number of nitrogens with two attached hydrogens (primary N) is 1. The molecule has 0 saturated carbocycles. The average Bonchev–Trinajstić information content (AvgIpc) is 2.28. The van der Waals surface area contributed by atoms with E-state index in [-0.39, 0.29) is 12.5 Å². The van der Waals surface area contributed by atoms with Gasteiger partial charge < -0.3 is 15.8 Å². The van der Waals surface area contributed by atoms with Gasteiger partial charge in [-0.3, -0.25) is 4.79 Å². The highest BCUT2D eigenvalue weighted by Crippen LogP contribution is 2.22. The molecule has 0 spiro atoms. The normalized spacial score (nSPS) is 21.0. The lowest BCUT2D eigenvalue weighted by Crippen LogP contribution is -2.38. The second-order valence-corrected chi connectivity index (χ2v) is 2.76. The van der Waals surface area contributed by atoms with Crippen molar-refractivity contribution in [3.05, 3.63) is 18.3 Å². The number of amides is 1. The molecule has 0 unspecified atom stereocenters. The molecule has 1 aliphatic heterocycles. The van der Waals surface area contributed by atoms with Crippen LogP contribution in [0, 0.1) is 0 Å². The van der Waals surface area contributed by atoms with E-state index in [0.29, 0.717) is 11.6 Å². The molecule has 1 aromatic heterocycles. The molecule has 1 atom stereocenters. The lowest BCUT2D eigenvalue weighted by molar-refractivity contribution is -0.117. The van der Waals surface area contributed by atoms with Gasteiger partial charge in [0.1, 0.15) is 18.3 Å². The molecular weight excluding hydrogens is 170 g/mol. The summed E-state index contributed by atoms with van der Waals surface area (Å²) in [6.45, 7) is 0.163. The molecule has 3 N–H and O–H groups in total. The van der Waals surface area contributed by atoms with Crippen LogP contribution in [-0.4, -0.2) is 23.5 Å². The predicted octanol–water partition coefficient (Wildman–Crippen LogP) is -0.260. The highest BCUT2D eigenvalue weighted by Gasteiger charge is 2.21. The first kappa shape index (κ1) is 8.00. The Hall–Kier alpha value is -1.62. The van der Waals surface area contributed by atoms with Gasteiger partial charge in [-0.25, -0.2) is 4.98 Å². The quantitative estimate of drug-likeness (QED) is 0.575. The predicted molar refractivity (Wildman–Crippen MR) is 46.3 cm³/mol. The maximum absolute atomic E-state index is 11.2. The Kier molecular flexibility index (Phi) is 1.86. The number of fused-ring (bicyclic) bond motifs is 1. The SMILES string of the molecule is N[C@H]1COc2ncccc2NC1=O. The summed E-state index contributed by atoms with van der Waals surface area (Å²) in [6, 6.07) is 2.81. The summed E-state index contributed by atoms with van der Waals surface area (Å²) < 4.78 is 5.21. The van der Waals surface area contributed by atoms with Crippen LogP contribution in [0.5, 0.6) is 5.88 Å². The van der Waals surface area contributed by atoms with E-state index in [1.165, 1.54) is 0 Å². The van der Waals surface area contributed by atoms with E-state index in [4.69, 9.17) is 10.5 Å². The minimum Gasteiger partial charge on any atom is -0.474 e. The third-order valence-electron chi connectivity index (χ3n) is 1.77. The van der Waals surface area contributed by atoms with E-state index in [9.17, 15) is 4.79 Å².